The average molecular weight is 478 g/mol. The molecule has 3 aromatic carbocycles. The number of nitrogens with zero attached hydrogens (tertiary/aromatic N) is 2. The quantitative estimate of drug-likeness (QED) is 0.335. The molecule has 0 amide bonds. The number of anilines is 1. The summed E-state index contributed by atoms with van der Waals surface area (Å²) in [5.41, 5.74) is 4.35. The maximum Gasteiger partial charge on any atom is 0.203 e. The molecular formula is C25H24BrN3O2. The molecule has 0 spiro atoms. The predicted octanol–water partition coefficient (Wildman–Crippen LogP) is 6.05. The fourth-order valence-corrected chi connectivity index (χ4v) is 3.75. The van der Waals surface area contributed by atoms with Gasteiger partial charge < -0.3 is 19.4 Å². The van der Waals surface area contributed by atoms with E-state index in [1.54, 1.807) is 7.11 Å². The maximum atomic E-state index is 6.03. The molecule has 4 aromatic rings. The van der Waals surface area contributed by atoms with Crippen LogP contribution < -0.4 is 14.8 Å². The zero-order valence-electron chi connectivity index (χ0n) is 17.5. The number of benzene rings is 3. The smallest absolute Gasteiger partial charge is 0.203 e. The Labute approximate surface area is 190 Å². The summed E-state index contributed by atoms with van der Waals surface area (Å²) in [5, 5.41) is 3.42. The van der Waals surface area contributed by atoms with Crippen LogP contribution in [0.3, 0.4) is 0 Å². The van der Waals surface area contributed by atoms with E-state index in [0.29, 0.717) is 18.9 Å². The number of aromatic nitrogens is 2. The lowest BCUT2D eigenvalue weighted by Gasteiger charge is -2.13. The van der Waals surface area contributed by atoms with Gasteiger partial charge in [-0.2, -0.15) is 0 Å². The maximum absolute atomic E-state index is 6.03. The Morgan fingerprint density at radius 2 is 1.77 bits per heavy atom. The molecular weight excluding hydrogens is 454 g/mol. The molecule has 0 unspecified atom stereocenters. The highest BCUT2D eigenvalue weighted by Crippen LogP contribution is 2.30. The van der Waals surface area contributed by atoms with Gasteiger partial charge in [0.25, 0.3) is 0 Å². The largest absolute Gasteiger partial charge is 0.493 e. The monoisotopic (exact) mass is 477 g/mol. The van der Waals surface area contributed by atoms with Crippen molar-refractivity contribution in [3.8, 4) is 22.8 Å². The number of ether oxygens (including phenoxy) is 2. The van der Waals surface area contributed by atoms with Crippen molar-refractivity contribution in [1.82, 2.24) is 9.55 Å². The molecule has 0 saturated carbocycles. The Kier molecular flexibility index (Phi) is 6.57. The summed E-state index contributed by atoms with van der Waals surface area (Å²) in [6.07, 6.45) is 1.88. The number of imidazole rings is 1. The van der Waals surface area contributed by atoms with Gasteiger partial charge in [-0.05, 0) is 35.4 Å². The molecule has 4 rings (SSSR count). The van der Waals surface area contributed by atoms with E-state index in [9.17, 15) is 0 Å². The minimum atomic E-state index is 0.490. The summed E-state index contributed by atoms with van der Waals surface area (Å²) in [5.74, 6) is 2.24. The highest BCUT2D eigenvalue weighted by molar-refractivity contribution is 9.10. The van der Waals surface area contributed by atoms with E-state index in [1.165, 1.54) is 0 Å². The van der Waals surface area contributed by atoms with E-state index in [-0.39, 0.29) is 0 Å². The van der Waals surface area contributed by atoms with Crippen molar-refractivity contribution in [3.63, 3.8) is 0 Å². The fraction of sp³-hybridized carbons (Fsp3) is 0.160. The third-order valence-electron chi connectivity index (χ3n) is 5.02. The van der Waals surface area contributed by atoms with Crippen molar-refractivity contribution in [3.05, 3.63) is 94.6 Å². The van der Waals surface area contributed by atoms with Gasteiger partial charge in [0, 0.05) is 23.6 Å². The molecule has 158 valence electrons. The molecule has 1 aromatic heterocycles. The van der Waals surface area contributed by atoms with Crippen molar-refractivity contribution in [2.75, 3.05) is 12.4 Å². The van der Waals surface area contributed by atoms with Gasteiger partial charge >= 0.3 is 0 Å². The predicted molar refractivity (Wildman–Crippen MR) is 127 cm³/mol. The van der Waals surface area contributed by atoms with Gasteiger partial charge in [0.2, 0.25) is 5.95 Å². The Morgan fingerprint density at radius 3 is 2.55 bits per heavy atom. The van der Waals surface area contributed by atoms with Gasteiger partial charge in [-0.15, -0.1) is 0 Å². The highest BCUT2D eigenvalue weighted by Gasteiger charge is 2.10. The summed E-state index contributed by atoms with van der Waals surface area (Å²) in [4.78, 5) is 4.55. The fourth-order valence-electron chi connectivity index (χ4n) is 3.35. The van der Waals surface area contributed by atoms with Crippen LogP contribution in [0.4, 0.5) is 5.95 Å². The van der Waals surface area contributed by atoms with Gasteiger partial charge in [0.1, 0.15) is 6.61 Å². The number of methoxy groups -OCH3 is 1. The number of rotatable bonds is 8. The van der Waals surface area contributed by atoms with Crippen molar-refractivity contribution in [1.29, 1.82) is 0 Å². The van der Waals surface area contributed by atoms with E-state index in [4.69, 9.17) is 9.47 Å². The first-order valence-corrected chi connectivity index (χ1v) is 10.8. The number of hydrogen-bond donors (Lipinski definition) is 1. The molecule has 0 saturated heterocycles. The second-order valence-electron chi connectivity index (χ2n) is 7.15. The molecule has 1 heterocycles. The van der Waals surface area contributed by atoms with Crippen LogP contribution in [-0.2, 0) is 20.2 Å². The molecule has 0 bridgehead atoms. The average Bonchev–Trinajstić information content (AvgIpc) is 3.17. The first-order valence-electron chi connectivity index (χ1n) is 9.99. The van der Waals surface area contributed by atoms with Gasteiger partial charge in [-0.3, -0.25) is 0 Å². The van der Waals surface area contributed by atoms with Gasteiger partial charge in [0.15, 0.2) is 11.5 Å². The van der Waals surface area contributed by atoms with E-state index in [0.717, 1.165) is 38.6 Å². The first kappa shape index (κ1) is 21.0. The Hall–Kier alpha value is -3.25. The number of nitrogens with one attached hydrogen (secondary N) is 1. The van der Waals surface area contributed by atoms with Crippen LogP contribution in [0.5, 0.6) is 11.5 Å². The third-order valence-corrected chi connectivity index (χ3v) is 5.52. The molecule has 0 aliphatic carbocycles. The first-order chi connectivity index (χ1) is 15.1. The standard InChI is InChI=1S/C25H24BrN3O2/c1-29-22(20-9-6-10-21(26)14-20)16-28-25(29)27-15-19-11-12-23(30-2)24(13-19)31-17-18-7-4-3-5-8-18/h3-14,16H,15,17H2,1-2H3,(H,27,28). The van der Waals surface area contributed by atoms with E-state index < -0.39 is 0 Å². The van der Waals surface area contributed by atoms with Gasteiger partial charge in [-0.25, -0.2) is 4.98 Å². The molecule has 0 fully saturated rings. The minimum absolute atomic E-state index is 0.490. The van der Waals surface area contributed by atoms with Gasteiger partial charge in [0.05, 0.1) is 19.0 Å². The van der Waals surface area contributed by atoms with E-state index in [2.05, 4.69) is 42.9 Å². The van der Waals surface area contributed by atoms with Gasteiger partial charge in [-0.1, -0.05) is 64.5 Å². The van der Waals surface area contributed by atoms with Crippen molar-refractivity contribution >= 4 is 21.9 Å². The molecule has 0 aliphatic heterocycles. The third kappa shape index (κ3) is 5.09. The van der Waals surface area contributed by atoms with Crippen LogP contribution >= 0.6 is 15.9 Å². The van der Waals surface area contributed by atoms with E-state index in [1.807, 2.05) is 73.9 Å². The Balaban J connectivity index is 1.46. The summed E-state index contributed by atoms with van der Waals surface area (Å²) in [6, 6.07) is 24.3. The summed E-state index contributed by atoms with van der Waals surface area (Å²) in [6.45, 7) is 1.11. The molecule has 31 heavy (non-hydrogen) atoms. The molecule has 0 radical (unpaired) electrons. The second kappa shape index (κ2) is 9.71. The van der Waals surface area contributed by atoms with Crippen molar-refractivity contribution < 1.29 is 9.47 Å². The van der Waals surface area contributed by atoms with Crippen LogP contribution in [0.1, 0.15) is 11.1 Å². The lowest BCUT2D eigenvalue weighted by Crippen LogP contribution is -2.06. The zero-order valence-corrected chi connectivity index (χ0v) is 19.1. The zero-order chi connectivity index (χ0) is 21.6. The number of hydrogen-bond acceptors (Lipinski definition) is 4. The number of halogens is 1. The van der Waals surface area contributed by atoms with Crippen LogP contribution in [0.25, 0.3) is 11.3 Å². The Morgan fingerprint density at radius 1 is 0.935 bits per heavy atom. The SMILES string of the molecule is COc1ccc(CNc2ncc(-c3cccc(Br)c3)n2C)cc1OCc1ccccc1. The minimum Gasteiger partial charge on any atom is -0.493 e. The van der Waals surface area contributed by atoms with Crippen LogP contribution in [-0.4, -0.2) is 16.7 Å². The van der Waals surface area contributed by atoms with Crippen LogP contribution in [0, 0.1) is 0 Å². The lowest BCUT2D eigenvalue weighted by molar-refractivity contribution is 0.284. The van der Waals surface area contributed by atoms with Crippen LogP contribution in [0.2, 0.25) is 0 Å². The molecule has 0 atom stereocenters. The van der Waals surface area contributed by atoms with Crippen molar-refractivity contribution in [2.45, 2.75) is 13.2 Å². The van der Waals surface area contributed by atoms with E-state index >= 15 is 0 Å². The summed E-state index contributed by atoms with van der Waals surface area (Å²) in [7, 11) is 3.66. The van der Waals surface area contributed by atoms with Crippen LogP contribution in [0.15, 0.2) is 83.5 Å². The molecule has 1 N–H and O–H groups in total. The second-order valence-corrected chi connectivity index (χ2v) is 8.07. The Bertz CT molecular complexity index is 1160. The molecule has 6 heteroatoms. The topological polar surface area (TPSA) is 48.3 Å². The molecule has 0 aliphatic rings. The lowest BCUT2D eigenvalue weighted by atomic mass is 10.2. The highest BCUT2D eigenvalue weighted by atomic mass is 79.9. The summed E-state index contributed by atoms with van der Waals surface area (Å²) < 4.78 is 14.6. The summed E-state index contributed by atoms with van der Waals surface area (Å²) >= 11 is 3.53. The molecule has 5 nitrogen and oxygen atoms in total. The normalized spacial score (nSPS) is 10.7. The van der Waals surface area contributed by atoms with Crippen molar-refractivity contribution in [2.24, 2.45) is 7.05 Å².